The van der Waals surface area contributed by atoms with Crippen LogP contribution in [0.1, 0.15) is 16.8 Å². The van der Waals surface area contributed by atoms with E-state index < -0.39 is 73.9 Å². The molecule has 3 saturated heterocycles. The average molecular weight is 1530 g/mol. The van der Waals surface area contributed by atoms with Crippen LogP contribution < -0.4 is 40.7 Å². The number of amides is 1. The Labute approximate surface area is 566 Å². The van der Waals surface area contributed by atoms with E-state index >= 15 is 0 Å². The van der Waals surface area contributed by atoms with E-state index in [0.717, 1.165) is 55.7 Å². The van der Waals surface area contributed by atoms with Crippen molar-refractivity contribution >= 4 is 157 Å². The number of ether oxygens (including phenoxy) is 2. The van der Waals surface area contributed by atoms with Gasteiger partial charge < -0.3 is 104 Å². The fourth-order valence-corrected chi connectivity index (χ4v) is 19.2. The first kappa shape index (κ1) is 74.3. The predicted octanol–water partition coefficient (Wildman–Crippen LogP) is 6.53. The third kappa shape index (κ3) is 18.4. The van der Waals surface area contributed by atoms with Gasteiger partial charge in [-0.25, -0.2) is 24.3 Å². The van der Waals surface area contributed by atoms with Crippen LogP contribution in [-0.4, -0.2) is 195 Å². The van der Waals surface area contributed by atoms with Gasteiger partial charge in [-0.3, -0.25) is 37.1 Å². The van der Waals surface area contributed by atoms with Gasteiger partial charge in [0.05, 0.1) is 36.5 Å². The van der Waals surface area contributed by atoms with Crippen molar-refractivity contribution in [2.75, 3.05) is 109 Å². The van der Waals surface area contributed by atoms with Crippen LogP contribution in [0.2, 0.25) is 0 Å². The molecule has 1 amide bonds. The molecule has 1 unspecified atom stereocenters. The first-order valence-corrected chi connectivity index (χ1v) is 41.6. The Morgan fingerprint density at radius 3 is 1.49 bits per heavy atom. The molecule has 98 heavy (non-hydrogen) atoms. The van der Waals surface area contributed by atoms with E-state index in [1.54, 1.807) is 40.4 Å². The van der Waals surface area contributed by atoms with Crippen molar-refractivity contribution in [1.82, 2.24) is 34.8 Å². The number of carbonyl (C=O) groups is 1. The summed E-state index contributed by atoms with van der Waals surface area (Å²) in [6.07, 6.45) is 0.919. The predicted molar refractivity (Wildman–Crippen MR) is 367 cm³/mol. The molecule has 9 aromatic rings. The number of aromatic nitrogens is 6. The number of hydrogen-bond donors (Lipinski definition) is 16. The van der Waals surface area contributed by atoms with Crippen LogP contribution in [0, 0.1) is 5.82 Å². The van der Waals surface area contributed by atoms with Gasteiger partial charge in [-0.05, 0) is 77.2 Å². The van der Waals surface area contributed by atoms with E-state index in [1.807, 2.05) is 40.1 Å². The SMILES string of the molecule is COc1ccc(NC(=O)c2cccc(-c3nc(NC(P(=O)(O)O)P(=O)(O)O)c4ccsc4n3)c2)cc1F.O=P(O)(O)C(Nc1nc(N2CCC(N3CCOCC3)C2)nc2sccc12)P(=O)(O)O.O=P(O)(O)C(Nc1nc(N2CCN(c3ccccc3)CC2)nc2sccc12)P(=O)(O)O. The summed E-state index contributed by atoms with van der Waals surface area (Å²) in [6.45, 7) is 7.22. The Bertz CT molecular complexity index is 4590. The standard InChI is InChI=1S/C21H19FN4O8P2S.C17H21N5O6P2S.C15H23N5O7P2S/c1-34-16-6-5-13(10-15(16)22)23-19(27)12-4-2-3-11(9-12)17-24-18(14-7-8-37-20(14)25-17)26-21(35(28,29)30)36(31,32)33;23-29(24,25)17(30(26,27)28)19-14-13-6-11-31-15(13)20-16(18-14)22-9-7-21(8-10-22)12-4-2-1-3-5-12;21-28(22,23)15(29(24,25)26)17-12-11-2-8-30-13(11)18-14(16-12)20-3-1-10(9-20)19-4-6-27-7-5-19/h2-10,21H,1H3,(H,23,27)(H,24,25,26)(H2,28,29,30)(H2,31,32,33);1-6,11,17H,7-10H2,(H,18,19,20)(H2,23,24,25)(H2,26,27,28);2,8,10,15H,1,3-7,9H2,(H,16,17,18)(H2,21,22,23)(H2,24,25,26). The number of para-hydroxylation sites is 1. The summed E-state index contributed by atoms with van der Waals surface area (Å²) in [7, 11) is -29.9. The largest absolute Gasteiger partial charge is 0.494 e. The van der Waals surface area contributed by atoms with Crippen molar-refractivity contribution in [2.24, 2.45) is 0 Å². The summed E-state index contributed by atoms with van der Waals surface area (Å²) in [6, 6.07) is 25.1. The van der Waals surface area contributed by atoms with E-state index in [-0.39, 0.29) is 45.7 Å². The molecule has 9 heterocycles. The minimum absolute atomic E-state index is 0.0114. The lowest BCUT2D eigenvalue weighted by molar-refractivity contribution is 0.0209. The molecule has 3 fully saturated rings. The number of methoxy groups -OCH3 is 1. The fourth-order valence-electron chi connectivity index (χ4n) is 10.5. The van der Waals surface area contributed by atoms with Crippen molar-refractivity contribution < 1.29 is 105 Å². The number of fused-ring (bicyclic) bond motifs is 3. The Hall–Kier alpha value is -6.40. The highest BCUT2D eigenvalue weighted by Gasteiger charge is 2.47. The van der Waals surface area contributed by atoms with Crippen molar-refractivity contribution in [3.05, 3.63) is 119 Å². The first-order valence-electron chi connectivity index (χ1n) is 28.9. The zero-order chi connectivity index (χ0) is 70.7. The van der Waals surface area contributed by atoms with Crippen LogP contribution in [0.15, 0.2) is 107 Å². The second-order valence-electron chi connectivity index (χ2n) is 21.9. The second-order valence-corrected chi connectivity index (χ2v) is 36.0. The summed E-state index contributed by atoms with van der Waals surface area (Å²) in [5.74, 6) is -0.727. The van der Waals surface area contributed by atoms with Gasteiger partial charge in [0.2, 0.25) is 28.5 Å². The lowest BCUT2D eigenvalue weighted by atomic mass is 10.1. The molecule has 526 valence electrons. The van der Waals surface area contributed by atoms with Gasteiger partial charge in [-0.1, -0.05) is 30.3 Å². The van der Waals surface area contributed by atoms with Crippen molar-refractivity contribution in [3.63, 3.8) is 0 Å². The number of carbonyl (C=O) groups excluding carboxylic acids is 1. The lowest BCUT2D eigenvalue weighted by Gasteiger charge is -2.36. The number of thiophene rings is 3. The van der Waals surface area contributed by atoms with Gasteiger partial charge in [0.25, 0.3) is 5.91 Å². The summed E-state index contributed by atoms with van der Waals surface area (Å²) < 4.78 is 94.5. The monoisotopic (exact) mass is 1530 g/mol. The number of nitrogens with zero attached hydrogens (tertiary/aromatic N) is 10. The number of hydrogen-bond acceptors (Lipinski definition) is 25. The Balaban J connectivity index is 0.000000160. The normalized spacial score (nSPS) is 16.1. The van der Waals surface area contributed by atoms with Crippen LogP contribution in [0.4, 0.5) is 45.1 Å². The van der Waals surface area contributed by atoms with Crippen molar-refractivity contribution in [3.8, 4) is 17.1 Å². The number of halogens is 1. The number of nitrogens with one attached hydrogen (secondary N) is 4. The molecule has 3 aromatic carbocycles. The maximum Gasteiger partial charge on any atom is 0.360 e. The number of rotatable bonds is 20. The molecule has 16 N–H and O–H groups in total. The number of benzene rings is 3. The van der Waals surface area contributed by atoms with E-state index in [4.69, 9.17) is 9.47 Å². The molecule has 1 atom stereocenters. The maximum absolute atomic E-state index is 14.0. The highest BCUT2D eigenvalue weighted by molar-refractivity contribution is 7.72. The minimum atomic E-state index is -5.29. The van der Waals surface area contributed by atoms with Gasteiger partial charge in [0.1, 0.15) is 31.9 Å². The summed E-state index contributed by atoms with van der Waals surface area (Å²) >= 11 is 3.78. The van der Waals surface area contributed by atoms with Crippen LogP contribution in [0.5, 0.6) is 5.75 Å². The molecule has 6 aromatic heterocycles. The number of morpholine rings is 1. The second kappa shape index (κ2) is 30.4. The van der Waals surface area contributed by atoms with Crippen LogP contribution >= 0.6 is 79.6 Å². The summed E-state index contributed by atoms with van der Waals surface area (Å²) in [4.78, 5) is 163. The molecule has 0 saturated carbocycles. The van der Waals surface area contributed by atoms with E-state index in [9.17, 15) is 95.3 Å². The Kier molecular flexibility index (Phi) is 23.1. The topological polar surface area (TPSA) is 519 Å². The fraction of sp³-hybridized carbons (Fsp3) is 0.302. The zero-order valence-corrected chi connectivity index (χ0v) is 58.6. The summed E-state index contributed by atoms with van der Waals surface area (Å²) in [5, 5.41) is 15.6. The van der Waals surface area contributed by atoms with E-state index in [2.05, 4.69) is 61.0 Å². The van der Waals surface area contributed by atoms with Gasteiger partial charge in [0, 0.05) is 87.0 Å². The minimum Gasteiger partial charge on any atom is -0.494 e. The van der Waals surface area contributed by atoms with Crippen molar-refractivity contribution in [2.45, 2.75) is 29.0 Å². The Morgan fingerprint density at radius 1 is 0.541 bits per heavy atom. The van der Waals surface area contributed by atoms with Crippen molar-refractivity contribution in [1.29, 1.82) is 0 Å². The highest BCUT2D eigenvalue weighted by atomic mass is 32.1. The maximum atomic E-state index is 14.0. The molecule has 35 nitrogen and oxygen atoms in total. The third-order valence-corrected chi connectivity index (χ3v) is 27.6. The van der Waals surface area contributed by atoms with Crippen LogP contribution in [-0.2, 0) is 32.1 Å². The molecule has 12 rings (SSSR count). The molecule has 0 spiro atoms. The molecule has 0 aliphatic carbocycles. The third-order valence-electron chi connectivity index (χ3n) is 15.1. The van der Waals surface area contributed by atoms with Crippen LogP contribution in [0.3, 0.4) is 0 Å². The molecular weight excluding hydrogens is 1470 g/mol. The molecule has 45 heteroatoms. The van der Waals surface area contributed by atoms with Gasteiger partial charge >= 0.3 is 45.6 Å². The van der Waals surface area contributed by atoms with Gasteiger partial charge in [0.15, 0.2) is 17.4 Å². The summed E-state index contributed by atoms with van der Waals surface area (Å²) in [5.41, 5.74) is -5.48. The zero-order valence-electron chi connectivity index (χ0n) is 50.8. The molecular formula is C53H63FN14O21P6S3. The smallest absolute Gasteiger partial charge is 0.360 e. The molecule has 3 aliphatic heterocycles. The average Bonchev–Trinajstić information content (AvgIpc) is 1.75. The Morgan fingerprint density at radius 2 is 1.01 bits per heavy atom. The highest BCUT2D eigenvalue weighted by Crippen LogP contribution is 2.62. The molecule has 0 bridgehead atoms. The molecule has 3 aliphatic rings. The van der Waals surface area contributed by atoms with Crippen LogP contribution in [0.25, 0.3) is 42.0 Å². The number of anilines is 7. The first-order chi connectivity index (χ1) is 46.1. The lowest BCUT2D eigenvalue weighted by Crippen LogP contribution is -2.47. The van der Waals surface area contributed by atoms with E-state index in [1.165, 1.54) is 60.1 Å². The molecule has 0 radical (unpaired) electrons. The quantitative estimate of drug-likeness (QED) is 0.0360. The van der Waals surface area contributed by atoms with Gasteiger partial charge in [-0.15, -0.1) is 34.0 Å². The van der Waals surface area contributed by atoms with E-state index in [0.29, 0.717) is 88.2 Å². The number of piperazine rings is 1. The van der Waals surface area contributed by atoms with Gasteiger partial charge in [-0.2, -0.15) is 9.97 Å².